The number of halogens is 1. The monoisotopic (exact) mass is 305 g/mol. The van der Waals surface area contributed by atoms with Crippen molar-refractivity contribution in [1.29, 1.82) is 0 Å². The summed E-state index contributed by atoms with van der Waals surface area (Å²) in [5.41, 5.74) is -0.602. The number of hydrogen-bond donors (Lipinski definition) is 1. The number of benzene rings is 1. The van der Waals surface area contributed by atoms with Gasteiger partial charge in [0.2, 0.25) is 5.91 Å². The van der Waals surface area contributed by atoms with Gasteiger partial charge in [-0.15, -0.1) is 0 Å². The molecule has 5 heteroatoms. The van der Waals surface area contributed by atoms with Crippen LogP contribution < -0.4 is 0 Å². The van der Waals surface area contributed by atoms with Gasteiger partial charge in [-0.2, -0.15) is 0 Å². The molecule has 1 N–H and O–H groups in total. The summed E-state index contributed by atoms with van der Waals surface area (Å²) < 4.78 is 13.1. The lowest BCUT2D eigenvalue weighted by atomic mass is 9.63. The number of rotatable bonds is 3. The normalized spacial score (nSPS) is 26.5. The minimum absolute atomic E-state index is 0.00432. The lowest BCUT2D eigenvalue weighted by molar-refractivity contribution is -0.148. The molecule has 2 aliphatic rings. The third-order valence-electron chi connectivity index (χ3n) is 5.29. The van der Waals surface area contributed by atoms with Gasteiger partial charge in [0.1, 0.15) is 5.82 Å². The summed E-state index contributed by atoms with van der Waals surface area (Å²) in [7, 11) is 0. The Kier molecular flexibility index (Phi) is 3.46. The SMILES string of the molecule is CC1(C(=O)O)CCN(C(=O)C2(c3ccc(F)cc3)CCC2)C1. The van der Waals surface area contributed by atoms with Crippen LogP contribution in [0.1, 0.15) is 38.2 Å². The molecule has 1 atom stereocenters. The molecule has 22 heavy (non-hydrogen) atoms. The van der Waals surface area contributed by atoms with E-state index in [0.29, 0.717) is 13.0 Å². The highest BCUT2D eigenvalue weighted by Crippen LogP contribution is 2.46. The zero-order valence-electron chi connectivity index (χ0n) is 12.6. The van der Waals surface area contributed by atoms with E-state index in [1.54, 1.807) is 24.0 Å². The van der Waals surface area contributed by atoms with Crippen molar-refractivity contribution in [3.63, 3.8) is 0 Å². The number of carbonyl (C=O) groups excluding carboxylic acids is 1. The standard InChI is InChI=1S/C17H20FNO3/c1-16(15(21)22)9-10-19(11-16)14(20)17(7-2-8-17)12-3-5-13(18)6-4-12/h3-6H,2,7-11H2,1H3,(H,21,22). The van der Waals surface area contributed by atoms with Crippen LogP contribution in [0.5, 0.6) is 0 Å². The molecule has 1 heterocycles. The quantitative estimate of drug-likeness (QED) is 0.933. The van der Waals surface area contributed by atoms with Crippen LogP contribution in [-0.4, -0.2) is 35.0 Å². The summed E-state index contributed by atoms with van der Waals surface area (Å²) >= 11 is 0. The number of carbonyl (C=O) groups is 2. The molecule has 1 aliphatic heterocycles. The molecule has 0 aromatic heterocycles. The third-order valence-corrected chi connectivity index (χ3v) is 5.29. The van der Waals surface area contributed by atoms with Gasteiger partial charge in [-0.25, -0.2) is 4.39 Å². The van der Waals surface area contributed by atoms with Crippen molar-refractivity contribution in [2.24, 2.45) is 5.41 Å². The highest BCUT2D eigenvalue weighted by atomic mass is 19.1. The van der Waals surface area contributed by atoms with E-state index in [2.05, 4.69) is 0 Å². The van der Waals surface area contributed by atoms with Crippen molar-refractivity contribution in [3.05, 3.63) is 35.6 Å². The average molecular weight is 305 g/mol. The molecular formula is C17H20FNO3. The zero-order chi connectivity index (χ0) is 16.0. The van der Waals surface area contributed by atoms with Gasteiger partial charge in [-0.3, -0.25) is 9.59 Å². The summed E-state index contributed by atoms with van der Waals surface area (Å²) in [6.45, 7) is 2.42. The molecule has 0 spiro atoms. The number of carboxylic acid groups (broad SMARTS) is 1. The van der Waals surface area contributed by atoms with Gasteiger partial charge in [-0.1, -0.05) is 18.6 Å². The maximum absolute atomic E-state index is 13.1. The predicted octanol–water partition coefficient (Wildman–Crippen LogP) is 2.57. The van der Waals surface area contributed by atoms with Crippen LogP contribution in [0.2, 0.25) is 0 Å². The summed E-state index contributed by atoms with van der Waals surface area (Å²) in [4.78, 5) is 26.0. The van der Waals surface area contributed by atoms with Crippen LogP contribution in [0.4, 0.5) is 4.39 Å². The molecule has 1 saturated heterocycles. The summed E-state index contributed by atoms with van der Waals surface area (Å²) in [5, 5.41) is 9.31. The van der Waals surface area contributed by atoms with E-state index >= 15 is 0 Å². The maximum Gasteiger partial charge on any atom is 0.311 e. The molecule has 0 radical (unpaired) electrons. The molecule has 1 aromatic rings. The molecule has 1 amide bonds. The molecule has 1 unspecified atom stereocenters. The summed E-state index contributed by atoms with van der Waals surface area (Å²) in [5.74, 6) is -1.17. The van der Waals surface area contributed by atoms with Crippen molar-refractivity contribution >= 4 is 11.9 Å². The summed E-state index contributed by atoms with van der Waals surface area (Å²) in [6, 6.07) is 6.12. The van der Waals surface area contributed by atoms with Crippen LogP contribution in [0.15, 0.2) is 24.3 Å². The van der Waals surface area contributed by atoms with Gasteiger partial charge in [0.05, 0.1) is 10.8 Å². The second-order valence-electron chi connectivity index (χ2n) is 6.79. The Bertz CT molecular complexity index is 609. The van der Waals surface area contributed by atoms with Crippen LogP contribution in [0.25, 0.3) is 0 Å². The third kappa shape index (κ3) is 2.19. The van der Waals surface area contributed by atoms with E-state index in [0.717, 1.165) is 24.8 Å². The highest BCUT2D eigenvalue weighted by molar-refractivity contribution is 5.90. The van der Waals surface area contributed by atoms with Gasteiger partial charge >= 0.3 is 5.97 Å². The molecule has 3 rings (SSSR count). The first-order chi connectivity index (χ1) is 10.4. The number of aliphatic carboxylic acids is 1. The van der Waals surface area contributed by atoms with Gasteiger partial charge in [0, 0.05) is 13.1 Å². The Labute approximate surface area is 128 Å². The Morgan fingerprint density at radius 3 is 2.27 bits per heavy atom. The van der Waals surface area contributed by atoms with Crippen molar-refractivity contribution < 1.29 is 19.1 Å². The number of nitrogens with zero attached hydrogens (tertiary/aromatic N) is 1. The van der Waals surface area contributed by atoms with Crippen molar-refractivity contribution in [2.45, 2.75) is 38.0 Å². The Morgan fingerprint density at radius 1 is 1.18 bits per heavy atom. The van der Waals surface area contributed by atoms with Crippen molar-refractivity contribution in [2.75, 3.05) is 13.1 Å². The van der Waals surface area contributed by atoms with E-state index < -0.39 is 16.8 Å². The average Bonchev–Trinajstić information content (AvgIpc) is 2.84. The Hall–Kier alpha value is -1.91. The van der Waals surface area contributed by atoms with Crippen LogP contribution in [0.3, 0.4) is 0 Å². The minimum atomic E-state index is -0.858. The van der Waals surface area contributed by atoms with Crippen LogP contribution in [-0.2, 0) is 15.0 Å². The molecular weight excluding hydrogens is 285 g/mol. The maximum atomic E-state index is 13.1. The topological polar surface area (TPSA) is 57.6 Å². The van der Waals surface area contributed by atoms with Crippen LogP contribution >= 0.6 is 0 Å². The fourth-order valence-electron chi connectivity index (χ4n) is 3.54. The zero-order valence-corrected chi connectivity index (χ0v) is 12.6. The van der Waals surface area contributed by atoms with E-state index in [-0.39, 0.29) is 18.3 Å². The largest absolute Gasteiger partial charge is 0.481 e. The molecule has 118 valence electrons. The smallest absolute Gasteiger partial charge is 0.311 e. The molecule has 4 nitrogen and oxygen atoms in total. The second kappa shape index (κ2) is 5.07. The van der Waals surface area contributed by atoms with Gasteiger partial charge in [0.25, 0.3) is 0 Å². The van der Waals surface area contributed by atoms with E-state index in [4.69, 9.17) is 0 Å². The van der Waals surface area contributed by atoms with Crippen LogP contribution in [0, 0.1) is 11.2 Å². The first kappa shape index (κ1) is 15.0. The minimum Gasteiger partial charge on any atom is -0.481 e. The molecule has 1 aromatic carbocycles. The van der Waals surface area contributed by atoms with E-state index in [1.807, 2.05) is 0 Å². The number of amides is 1. The van der Waals surface area contributed by atoms with Gasteiger partial charge in [-0.05, 0) is 43.9 Å². The Morgan fingerprint density at radius 2 is 1.82 bits per heavy atom. The van der Waals surface area contributed by atoms with E-state index in [9.17, 15) is 19.1 Å². The van der Waals surface area contributed by atoms with Gasteiger partial charge < -0.3 is 10.0 Å². The second-order valence-corrected chi connectivity index (χ2v) is 6.79. The number of likely N-dealkylation sites (tertiary alicyclic amines) is 1. The fraction of sp³-hybridized carbons (Fsp3) is 0.529. The summed E-state index contributed by atoms with van der Waals surface area (Å²) in [6.07, 6.45) is 2.94. The lowest BCUT2D eigenvalue weighted by Crippen LogP contribution is -2.51. The number of hydrogen-bond acceptors (Lipinski definition) is 2. The molecule has 1 aliphatic carbocycles. The number of carboxylic acids is 1. The lowest BCUT2D eigenvalue weighted by Gasteiger charge is -2.43. The molecule has 2 fully saturated rings. The van der Waals surface area contributed by atoms with Crippen molar-refractivity contribution in [3.8, 4) is 0 Å². The first-order valence-corrected chi connectivity index (χ1v) is 7.66. The van der Waals surface area contributed by atoms with Gasteiger partial charge in [0.15, 0.2) is 0 Å². The molecule has 0 bridgehead atoms. The first-order valence-electron chi connectivity index (χ1n) is 7.66. The predicted molar refractivity (Wildman–Crippen MR) is 78.9 cm³/mol. The fourth-order valence-corrected chi connectivity index (χ4v) is 3.54. The molecule has 1 saturated carbocycles. The Balaban J connectivity index is 1.84. The van der Waals surface area contributed by atoms with E-state index in [1.165, 1.54) is 12.1 Å². The van der Waals surface area contributed by atoms with Crippen molar-refractivity contribution in [1.82, 2.24) is 4.90 Å². The highest BCUT2D eigenvalue weighted by Gasteiger charge is 2.51.